The summed E-state index contributed by atoms with van der Waals surface area (Å²) in [5.41, 5.74) is 0.282. The molecule has 2 N–H and O–H groups in total. The zero-order valence-corrected chi connectivity index (χ0v) is 11.8. The van der Waals surface area contributed by atoms with Gasteiger partial charge in [-0.25, -0.2) is 4.79 Å². The molecule has 0 aromatic rings. The molecule has 2 amide bonds. The molecule has 2 aliphatic rings. The molecule has 4 nitrogen and oxygen atoms in total. The minimum atomic E-state index is 0.140. The SMILES string of the molecule is CC1CCN(C(=O)NCC2(C)CCNCC2)CC1. The Kier molecular flexibility index (Phi) is 4.49. The monoisotopic (exact) mass is 253 g/mol. The van der Waals surface area contributed by atoms with Gasteiger partial charge in [0.2, 0.25) is 0 Å². The molecule has 0 aromatic heterocycles. The Labute approximate surface area is 110 Å². The quantitative estimate of drug-likeness (QED) is 0.788. The molecule has 0 spiro atoms. The molecule has 0 aliphatic carbocycles. The zero-order valence-electron chi connectivity index (χ0n) is 11.8. The van der Waals surface area contributed by atoms with Crippen molar-refractivity contribution in [3.63, 3.8) is 0 Å². The highest BCUT2D eigenvalue weighted by Gasteiger charge is 2.28. The van der Waals surface area contributed by atoms with Crippen LogP contribution in [0.15, 0.2) is 0 Å². The van der Waals surface area contributed by atoms with Crippen molar-refractivity contribution in [2.45, 2.75) is 39.5 Å². The second kappa shape index (κ2) is 5.91. The van der Waals surface area contributed by atoms with Gasteiger partial charge in [0, 0.05) is 19.6 Å². The van der Waals surface area contributed by atoms with Gasteiger partial charge in [0.15, 0.2) is 0 Å². The van der Waals surface area contributed by atoms with Gasteiger partial charge in [-0.05, 0) is 50.1 Å². The molecule has 2 aliphatic heterocycles. The highest BCUT2D eigenvalue weighted by atomic mass is 16.2. The van der Waals surface area contributed by atoms with Gasteiger partial charge in [0.25, 0.3) is 0 Å². The molecule has 2 saturated heterocycles. The van der Waals surface area contributed by atoms with Crippen molar-refractivity contribution < 1.29 is 4.79 Å². The summed E-state index contributed by atoms with van der Waals surface area (Å²) < 4.78 is 0. The molecule has 2 rings (SSSR count). The van der Waals surface area contributed by atoms with E-state index in [4.69, 9.17) is 0 Å². The topological polar surface area (TPSA) is 44.4 Å². The van der Waals surface area contributed by atoms with Crippen LogP contribution in [0.5, 0.6) is 0 Å². The molecular weight excluding hydrogens is 226 g/mol. The molecule has 104 valence electrons. The first-order chi connectivity index (χ1) is 8.59. The van der Waals surface area contributed by atoms with Crippen molar-refractivity contribution in [1.29, 1.82) is 0 Å². The molecule has 0 bridgehead atoms. The molecular formula is C14H27N3O. The molecule has 0 unspecified atom stereocenters. The first kappa shape index (κ1) is 13.7. The average Bonchev–Trinajstić information content (AvgIpc) is 2.38. The Morgan fingerprint density at radius 3 is 2.56 bits per heavy atom. The van der Waals surface area contributed by atoms with Crippen LogP contribution in [0.3, 0.4) is 0 Å². The van der Waals surface area contributed by atoms with Crippen molar-refractivity contribution in [3.05, 3.63) is 0 Å². The van der Waals surface area contributed by atoms with Crippen LogP contribution in [0.25, 0.3) is 0 Å². The molecule has 18 heavy (non-hydrogen) atoms. The lowest BCUT2D eigenvalue weighted by Gasteiger charge is -2.36. The molecule has 4 heteroatoms. The number of nitrogens with zero attached hydrogens (tertiary/aromatic N) is 1. The largest absolute Gasteiger partial charge is 0.337 e. The van der Waals surface area contributed by atoms with Gasteiger partial charge >= 0.3 is 6.03 Å². The zero-order chi connectivity index (χ0) is 13.0. The summed E-state index contributed by atoms with van der Waals surface area (Å²) in [5, 5.41) is 6.51. The minimum Gasteiger partial charge on any atom is -0.337 e. The third kappa shape index (κ3) is 3.61. The van der Waals surface area contributed by atoms with Crippen LogP contribution in [0.1, 0.15) is 39.5 Å². The third-order valence-corrected chi connectivity index (χ3v) is 4.55. The van der Waals surface area contributed by atoms with Crippen molar-refractivity contribution >= 4 is 6.03 Å². The van der Waals surface area contributed by atoms with E-state index in [1.807, 2.05) is 4.90 Å². The van der Waals surface area contributed by atoms with Gasteiger partial charge in [0.1, 0.15) is 0 Å². The van der Waals surface area contributed by atoms with Crippen LogP contribution in [-0.4, -0.2) is 43.7 Å². The number of amides is 2. The number of rotatable bonds is 2. The normalized spacial score (nSPS) is 24.9. The van der Waals surface area contributed by atoms with E-state index in [1.54, 1.807) is 0 Å². The number of hydrogen-bond acceptors (Lipinski definition) is 2. The third-order valence-electron chi connectivity index (χ3n) is 4.55. The lowest BCUT2D eigenvalue weighted by molar-refractivity contribution is 0.161. The van der Waals surface area contributed by atoms with Crippen molar-refractivity contribution in [1.82, 2.24) is 15.5 Å². The average molecular weight is 253 g/mol. The van der Waals surface area contributed by atoms with Crippen LogP contribution in [0.4, 0.5) is 4.79 Å². The summed E-state index contributed by atoms with van der Waals surface area (Å²) in [6, 6.07) is 0.140. The first-order valence-electron chi connectivity index (χ1n) is 7.33. The van der Waals surface area contributed by atoms with E-state index >= 15 is 0 Å². The van der Waals surface area contributed by atoms with Crippen molar-refractivity contribution in [3.8, 4) is 0 Å². The molecule has 0 saturated carbocycles. The number of nitrogens with one attached hydrogen (secondary N) is 2. The fourth-order valence-electron chi connectivity index (χ4n) is 2.82. The van der Waals surface area contributed by atoms with Crippen LogP contribution in [0.2, 0.25) is 0 Å². The van der Waals surface area contributed by atoms with E-state index in [0.29, 0.717) is 0 Å². The summed E-state index contributed by atoms with van der Waals surface area (Å²) in [6.07, 6.45) is 4.61. The van der Waals surface area contributed by atoms with Gasteiger partial charge in [-0.2, -0.15) is 0 Å². The van der Waals surface area contributed by atoms with Crippen LogP contribution < -0.4 is 10.6 Å². The summed E-state index contributed by atoms with van der Waals surface area (Å²) in [5.74, 6) is 0.774. The summed E-state index contributed by atoms with van der Waals surface area (Å²) >= 11 is 0. The minimum absolute atomic E-state index is 0.140. The summed E-state index contributed by atoms with van der Waals surface area (Å²) in [6.45, 7) is 9.37. The van der Waals surface area contributed by atoms with Gasteiger partial charge < -0.3 is 15.5 Å². The molecule has 2 heterocycles. The van der Waals surface area contributed by atoms with Crippen molar-refractivity contribution in [2.75, 3.05) is 32.7 Å². The predicted molar refractivity (Wildman–Crippen MR) is 73.6 cm³/mol. The number of piperidine rings is 2. The lowest BCUT2D eigenvalue weighted by atomic mass is 9.81. The van der Waals surface area contributed by atoms with Crippen LogP contribution >= 0.6 is 0 Å². The fourth-order valence-corrected chi connectivity index (χ4v) is 2.82. The number of carbonyl (C=O) groups is 1. The Hall–Kier alpha value is -0.770. The van der Waals surface area contributed by atoms with Gasteiger partial charge in [-0.3, -0.25) is 0 Å². The van der Waals surface area contributed by atoms with Crippen molar-refractivity contribution in [2.24, 2.45) is 11.3 Å². The van der Waals surface area contributed by atoms with E-state index in [-0.39, 0.29) is 11.4 Å². The van der Waals surface area contributed by atoms with E-state index in [0.717, 1.165) is 64.3 Å². The molecule has 0 radical (unpaired) electrons. The van der Waals surface area contributed by atoms with E-state index < -0.39 is 0 Å². The Bertz CT molecular complexity index is 279. The van der Waals surface area contributed by atoms with Gasteiger partial charge in [-0.15, -0.1) is 0 Å². The standard InChI is InChI=1S/C14H27N3O/c1-12-3-9-17(10-4-12)13(18)16-11-14(2)5-7-15-8-6-14/h12,15H,3-11H2,1-2H3,(H,16,18). The fraction of sp³-hybridized carbons (Fsp3) is 0.929. The maximum absolute atomic E-state index is 12.1. The Balaban J connectivity index is 1.74. The molecule has 0 atom stereocenters. The number of hydrogen-bond donors (Lipinski definition) is 2. The van der Waals surface area contributed by atoms with Gasteiger partial charge in [0.05, 0.1) is 0 Å². The Morgan fingerprint density at radius 1 is 1.33 bits per heavy atom. The van der Waals surface area contributed by atoms with E-state index in [9.17, 15) is 4.79 Å². The number of likely N-dealkylation sites (tertiary alicyclic amines) is 1. The smallest absolute Gasteiger partial charge is 0.317 e. The van der Waals surface area contributed by atoms with Crippen LogP contribution in [-0.2, 0) is 0 Å². The molecule has 0 aromatic carbocycles. The number of carbonyl (C=O) groups excluding carboxylic acids is 1. The second-order valence-electron chi connectivity index (χ2n) is 6.39. The van der Waals surface area contributed by atoms with Gasteiger partial charge in [-0.1, -0.05) is 13.8 Å². The summed E-state index contributed by atoms with van der Waals surface area (Å²) in [4.78, 5) is 14.1. The van der Waals surface area contributed by atoms with E-state index in [1.165, 1.54) is 0 Å². The lowest BCUT2D eigenvalue weighted by Crippen LogP contribution is -2.48. The highest BCUT2D eigenvalue weighted by molar-refractivity contribution is 5.74. The molecule has 2 fully saturated rings. The maximum atomic E-state index is 12.1. The van der Waals surface area contributed by atoms with E-state index in [2.05, 4.69) is 24.5 Å². The maximum Gasteiger partial charge on any atom is 0.317 e. The number of urea groups is 1. The Morgan fingerprint density at radius 2 is 1.94 bits per heavy atom. The summed E-state index contributed by atoms with van der Waals surface area (Å²) in [7, 11) is 0. The second-order valence-corrected chi connectivity index (χ2v) is 6.39. The predicted octanol–water partition coefficient (Wildman–Crippen LogP) is 1.82. The first-order valence-corrected chi connectivity index (χ1v) is 7.33. The van der Waals surface area contributed by atoms with Crippen LogP contribution in [0, 0.1) is 11.3 Å². The highest BCUT2D eigenvalue weighted by Crippen LogP contribution is 2.26.